The number of nitrogens with zero attached hydrogens (tertiary/aromatic N) is 3. The second-order valence-electron chi connectivity index (χ2n) is 5.24. The molecule has 0 saturated heterocycles. The standard InChI is InChI=1S/C18H15ClN4O3/c1-2-26-18(25)15-8-9-23(22-15)14-5-3-4-13(10-14)21-17(24)12-6-7-16(19)20-11-12/h3-11H,2H2,1H3,(H,21,24). The van der Waals surface area contributed by atoms with Crippen LogP contribution in [0.4, 0.5) is 5.69 Å². The first-order valence-corrected chi connectivity index (χ1v) is 8.21. The maximum Gasteiger partial charge on any atom is 0.358 e. The lowest BCUT2D eigenvalue weighted by Gasteiger charge is -2.07. The number of anilines is 1. The lowest BCUT2D eigenvalue weighted by molar-refractivity contribution is 0.0519. The summed E-state index contributed by atoms with van der Waals surface area (Å²) in [6.07, 6.45) is 3.05. The van der Waals surface area contributed by atoms with Gasteiger partial charge in [0.25, 0.3) is 5.91 Å². The van der Waals surface area contributed by atoms with Gasteiger partial charge in [-0.2, -0.15) is 5.10 Å². The number of carbonyl (C=O) groups is 2. The van der Waals surface area contributed by atoms with Gasteiger partial charge in [-0.25, -0.2) is 14.5 Å². The number of hydrogen-bond acceptors (Lipinski definition) is 5. The van der Waals surface area contributed by atoms with Gasteiger partial charge in [0, 0.05) is 18.1 Å². The molecule has 132 valence electrons. The van der Waals surface area contributed by atoms with Gasteiger partial charge >= 0.3 is 5.97 Å². The molecule has 0 aliphatic heterocycles. The van der Waals surface area contributed by atoms with E-state index in [-0.39, 0.29) is 18.2 Å². The number of halogens is 1. The Balaban J connectivity index is 1.77. The fourth-order valence-electron chi connectivity index (χ4n) is 2.22. The molecule has 0 fully saturated rings. The Morgan fingerprint density at radius 2 is 2.08 bits per heavy atom. The van der Waals surface area contributed by atoms with E-state index >= 15 is 0 Å². The van der Waals surface area contributed by atoms with Crippen LogP contribution >= 0.6 is 11.6 Å². The zero-order chi connectivity index (χ0) is 18.5. The fourth-order valence-corrected chi connectivity index (χ4v) is 2.33. The average Bonchev–Trinajstić information content (AvgIpc) is 3.13. The Bertz CT molecular complexity index is 938. The Hall–Kier alpha value is -3.19. The molecular formula is C18H15ClN4O3. The van der Waals surface area contributed by atoms with E-state index in [0.717, 1.165) is 0 Å². The van der Waals surface area contributed by atoms with Crippen molar-refractivity contribution in [1.29, 1.82) is 0 Å². The van der Waals surface area contributed by atoms with E-state index in [4.69, 9.17) is 16.3 Å². The summed E-state index contributed by atoms with van der Waals surface area (Å²) in [5.74, 6) is -0.787. The van der Waals surface area contributed by atoms with Crippen LogP contribution in [-0.4, -0.2) is 33.2 Å². The molecular weight excluding hydrogens is 356 g/mol. The first kappa shape index (κ1) is 17.6. The van der Waals surface area contributed by atoms with Crippen molar-refractivity contribution in [2.75, 3.05) is 11.9 Å². The third-order valence-electron chi connectivity index (χ3n) is 3.43. The van der Waals surface area contributed by atoms with Crippen molar-refractivity contribution in [1.82, 2.24) is 14.8 Å². The van der Waals surface area contributed by atoms with Gasteiger partial charge in [0.05, 0.1) is 17.9 Å². The number of amides is 1. The Labute approximate surface area is 154 Å². The third-order valence-corrected chi connectivity index (χ3v) is 3.66. The van der Waals surface area contributed by atoms with Crippen molar-refractivity contribution < 1.29 is 14.3 Å². The minimum atomic E-state index is -0.481. The van der Waals surface area contributed by atoms with Crippen LogP contribution < -0.4 is 5.32 Å². The molecule has 1 aromatic carbocycles. The van der Waals surface area contributed by atoms with Gasteiger partial charge in [-0.1, -0.05) is 17.7 Å². The number of rotatable bonds is 5. The Morgan fingerprint density at radius 3 is 2.81 bits per heavy atom. The second kappa shape index (κ2) is 7.79. The van der Waals surface area contributed by atoms with Gasteiger partial charge in [0.1, 0.15) is 5.15 Å². The highest BCUT2D eigenvalue weighted by molar-refractivity contribution is 6.29. The highest BCUT2D eigenvalue weighted by Crippen LogP contribution is 2.16. The molecule has 0 unspecified atom stereocenters. The molecule has 2 aromatic heterocycles. The number of esters is 1. The van der Waals surface area contributed by atoms with Crippen LogP contribution in [0.25, 0.3) is 5.69 Å². The first-order valence-electron chi connectivity index (χ1n) is 7.83. The maximum absolute atomic E-state index is 12.3. The molecule has 3 aromatic rings. The highest BCUT2D eigenvalue weighted by Gasteiger charge is 2.12. The van der Waals surface area contributed by atoms with Crippen molar-refractivity contribution in [3.63, 3.8) is 0 Å². The number of ether oxygens (including phenoxy) is 1. The van der Waals surface area contributed by atoms with Crippen molar-refractivity contribution in [3.05, 3.63) is 71.3 Å². The van der Waals surface area contributed by atoms with Gasteiger partial charge < -0.3 is 10.1 Å². The summed E-state index contributed by atoms with van der Waals surface area (Å²) >= 11 is 5.72. The molecule has 0 spiro atoms. The molecule has 7 nitrogen and oxygen atoms in total. The summed E-state index contributed by atoms with van der Waals surface area (Å²) in [6.45, 7) is 2.02. The molecule has 0 aliphatic rings. The number of nitrogens with one attached hydrogen (secondary N) is 1. The van der Waals surface area contributed by atoms with E-state index in [1.807, 2.05) is 0 Å². The maximum atomic E-state index is 12.3. The van der Waals surface area contributed by atoms with Crippen molar-refractivity contribution in [2.45, 2.75) is 6.92 Å². The van der Waals surface area contributed by atoms with Gasteiger partial charge in [0.15, 0.2) is 5.69 Å². The summed E-state index contributed by atoms with van der Waals surface area (Å²) < 4.78 is 6.46. The number of hydrogen-bond donors (Lipinski definition) is 1. The lowest BCUT2D eigenvalue weighted by atomic mass is 10.2. The minimum absolute atomic E-state index is 0.216. The molecule has 1 N–H and O–H groups in total. The van der Waals surface area contributed by atoms with E-state index in [2.05, 4.69) is 15.4 Å². The number of aromatic nitrogens is 3. The number of benzene rings is 1. The second-order valence-corrected chi connectivity index (χ2v) is 5.63. The molecule has 0 bridgehead atoms. The van der Waals surface area contributed by atoms with Gasteiger partial charge in [-0.3, -0.25) is 4.79 Å². The minimum Gasteiger partial charge on any atom is -0.461 e. The smallest absolute Gasteiger partial charge is 0.358 e. The van der Waals surface area contributed by atoms with Crippen LogP contribution in [-0.2, 0) is 4.74 Å². The molecule has 2 heterocycles. The average molecular weight is 371 g/mol. The summed E-state index contributed by atoms with van der Waals surface area (Å²) in [7, 11) is 0. The van der Waals surface area contributed by atoms with Crippen LogP contribution in [0, 0.1) is 0 Å². The summed E-state index contributed by atoms with van der Waals surface area (Å²) in [6, 6.07) is 11.8. The molecule has 0 saturated carbocycles. The van der Waals surface area contributed by atoms with Gasteiger partial charge in [0.2, 0.25) is 0 Å². The van der Waals surface area contributed by atoms with Crippen molar-refractivity contribution in [2.24, 2.45) is 0 Å². The number of pyridine rings is 1. The Kier molecular flexibility index (Phi) is 5.28. The van der Waals surface area contributed by atoms with Crippen LogP contribution in [0.1, 0.15) is 27.8 Å². The molecule has 3 rings (SSSR count). The fraction of sp³-hybridized carbons (Fsp3) is 0.111. The molecule has 0 atom stereocenters. The summed E-state index contributed by atoms with van der Waals surface area (Å²) in [5, 5.41) is 7.29. The SMILES string of the molecule is CCOC(=O)c1ccn(-c2cccc(NC(=O)c3ccc(Cl)nc3)c2)n1. The van der Waals surface area contributed by atoms with Gasteiger partial charge in [-0.15, -0.1) is 0 Å². The predicted molar refractivity (Wildman–Crippen MR) is 96.7 cm³/mol. The van der Waals surface area contributed by atoms with E-state index in [1.165, 1.54) is 10.9 Å². The van der Waals surface area contributed by atoms with Crippen molar-refractivity contribution in [3.8, 4) is 5.69 Å². The van der Waals surface area contributed by atoms with E-state index in [9.17, 15) is 9.59 Å². The van der Waals surface area contributed by atoms with E-state index < -0.39 is 5.97 Å². The largest absolute Gasteiger partial charge is 0.461 e. The molecule has 1 amide bonds. The van der Waals surface area contributed by atoms with Crippen LogP contribution in [0.15, 0.2) is 54.9 Å². The topological polar surface area (TPSA) is 86.1 Å². The molecule has 0 aliphatic carbocycles. The van der Waals surface area contributed by atoms with Gasteiger partial charge in [-0.05, 0) is 43.3 Å². The van der Waals surface area contributed by atoms with Crippen molar-refractivity contribution >= 4 is 29.2 Å². The first-order chi connectivity index (χ1) is 12.6. The molecule has 0 radical (unpaired) electrons. The zero-order valence-corrected chi connectivity index (χ0v) is 14.6. The number of carbonyl (C=O) groups excluding carboxylic acids is 2. The monoisotopic (exact) mass is 370 g/mol. The quantitative estimate of drug-likeness (QED) is 0.549. The highest BCUT2D eigenvalue weighted by atomic mass is 35.5. The van der Waals surface area contributed by atoms with E-state index in [0.29, 0.717) is 22.1 Å². The summed E-state index contributed by atoms with van der Waals surface area (Å²) in [4.78, 5) is 27.9. The predicted octanol–water partition coefficient (Wildman–Crippen LogP) is 3.35. The van der Waals surface area contributed by atoms with E-state index in [1.54, 1.807) is 55.6 Å². The van der Waals surface area contributed by atoms with Crippen LogP contribution in [0.5, 0.6) is 0 Å². The normalized spacial score (nSPS) is 10.4. The molecule has 26 heavy (non-hydrogen) atoms. The third kappa shape index (κ3) is 4.07. The summed E-state index contributed by atoms with van der Waals surface area (Å²) in [5.41, 5.74) is 1.88. The Morgan fingerprint density at radius 1 is 1.23 bits per heavy atom. The van der Waals surface area contributed by atoms with Crippen LogP contribution in [0.3, 0.4) is 0 Å². The zero-order valence-electron chi connectivity index (χ0n) is 13.8. The van der Waals surface area contributed by atoms with Crippen LogP contribution in [0.2, 0.25) is 5.15 Å². The lowest BCUT2D eigenvalue weighted by Crippen LogP contribution is -2.12. The molecule has 8 heteroatoms.